The minimum atomic E-state index is 0.00387. The topological polar surface area (TPSA) is 47.6 Å². The van der Waals surface area contributed by atoms with E-state index in [1.54, 1.807) is 0 Å². The Morgan fingerprint density at radius 2 is 1.95 bits per heavy atom. The summed E-state index contributed by atoms with van der Waals surface area (Å²) in [5, 5.41) is 3.88. The Hall–Kier alpha value is -0.610. The Labute approximate surface area is 127 Å². The number of fused-ring (bicyclic) bond motifs is 1. The molecule has 1 N–H and O–H groups in total. The molecule has 1 aliphatic heterocycles. The van der Waals surface area contributed by atoms with E-state index in [1.165, 1.54) is 6.42 Å². The van der Waals surface area contributed by atoms with Crippen LogP contribution in [0.4, 0.5) is 0 Å². The van der Waals surface area contributed by atoms with Crippen molar-refractivity contribution in [2.24, 2.45) is 17.3 Å². The first-order valence-electron chi connectivity index (χ1n) is 8.58. The zero-order valence-electron chi connectivity index (χ0n) is 13.6. The molecular weight excluding hydrogens is 266 g/mol. The van der Waals surface area contributed by atoms with Gasteiger partial charge < -0.3 is 14.8 Å². The average Bonchev–Trinajstić information content (AvgIpc) is 2.92. The van der Waals surface area contributed by atoms with E-state index < -0.39 is 0 Å². The van der Waals surface area contributed by atoms with Crippen molar-refractivity contribution in [2.45, 2.75) is 71.1 Å². The molecule has 2 saturated carbocycles. The van der Waals surface area contributed by atoms with Crippen LogP contribution in [0.5, 0.6) is 0 Å². The van der Waals surface area contributed by atoms with Gasteiger partial charge in [0.1, 0.15) is 0 Å². The second-order valence-electron chi connectivity index (χ2n) is 7.51. The summed E-state index contributed by atoms with van der Waals surface area (Å²) in [6, 6.07) is 1.13. The second kappa shape index (κ2) is 5.88. The molecular formula is C17H29NO3. The summed E-state index contributed by atoms with van der Waals surface area (Å²) in [6.07, 6.45) is 5.76. The molecule has 1 heterocycles. The van der Waals surface area contributed by atoms with Gasteiger partial charge in [0.25, 0.3) is 0 Å². The second-order valence-corrected chi connectivity index (χ2v) is 7.51. The van der Waals surface area contributed by atoms with Crippen molar-refractivity contribution in [3.8, 4) is 0 Å². The van der Waals surface area contributed by atoms with Crippen LogP contribution >= 0.6 is 0 Å². The van der Waals surface area contributed by atoms with Crippen LogP contribution in [0.1, 0.15) is 52.9 Å². The van der Waals surface area contributed by atoms with Crippen molar-refractivity contribution >= 4 is 5.97 Å². The van der Waals surface area contributed by atoms with Crippen LogP contribution < -0.4 is 5.32 Å². The molecule has 0 amide bonds. The van der Waals surface area contributed by atoms with Crippen LogP contribution in [0.25, 0.3) is 0 Å². The summed E-state index contributed by atoms with van der Waals surface area (Å²) in [5.74, 6) is 0.826. The molecule has 120 valence electrons. The van der Waals surface area contributed by atoms with E-state index in [-0.39, 0.29) is 17.3 Å². The Morgan fingerprint density at radius 1 is 1.24 bits per heavy atom. The van der Waals surface area contributed by atoms with E-state index in [9.17, 15) is 4.79 Å². The third-order valence-electron chi connectivity index (χ3n) is 5.86. The zero-order chi connectivity index (χ0) is 15.0. The molecule has 1 saturated heterocycles. The largest absolute Gasteiger partial charge is 0.466 e. The highest BCUT2D eigenvalue weighted by Gasteiger charge is 2.59. The molecule has 3 fully saturated rings. The molecule has 0 aromatic carbocycles. The van der Waals surface area contributed by atoms with Crippen LogP contribution in [-0.2, 0) is 14.3 Å². The van der Waals surface area contributed by atoms with Gasteiger partial charge in [-0.1, -0.05) is 13.8 Å². The molecule has 3 aliphatic rings. The maximum Gasteiger partial charge on any atom is 0.308 e. The van der Waals surface area contributed by atoms with Gasteiger partial charge in [-0.3, -0.25) is 4.79 Å². The minimum Gasteiger partial charge on any atom is -0.466 e. The van der Waals surface area contributed by atoms with Crippen molar-refractivity contribution in [1.82, 2.24) is 5.32 Å². The fourth-order valence-electron chi connectivity index (χ4n) is 4.67. The number of rotatable bonds is 4. The van der Waals surface area contributed by atoms with Crippen LogP contribution in [-0.4, -0.2) is 37.4 Å². The number of nitrogens with one attached hydrogen (secondary N) is 1. The van der Waals surface area contributed by atoms with Crippen molar-refractivity contribution in [2.75, 3.05) is 13.2 Å². The van der Waals surface area contributed by atoms with Gasteiger partial charge in [0.2, 0.25) is 0 Å². The highest BCUT2D eigenvalue weighted by molar-refractivity contribution is 5.72. The van der Waals surface area contributed by atoms with Gasteiger partial charge in [0.05, 0.1) is 18.6 Å². The maximum atomic E-state index is 11.8. The highest BCUT2D eigenvalue weighted by Crippen LogP contribution is 2.52. The molecule has 4 nitrogen and oxygen atoms in total. The average molecular weight is 295 g/mol. The van der Waals surface area contributed by atoms with Gasteiger partial charge >= 0.3 is 5.97 Å². The van der Waals surface area contributed by atoms with Crippen LogP contribution in [0, 0.1) is 17.3 Å². The normalized spacial score (nSPS) is 41.2. The molecule has 4 heteroatoms. The molecule has 0 radical (unpaired) electrons. The van der Waals surface area contributed by atoms with Crippen LogP contribution in [0.15, 0.2) is 0 Å². The standard InChI is InChI=1S/C17H29NO3/c1-4-20-16(19)11-5-7-12(8-6-11)18-14-13-9-10-21-15(13)17(14,2)3/h11-15,18H,4-10H2,1-3H3. The lowest BCUT2D eigenvalue weighted by Gasteiger charge is -2.56. The molecule has 0 aromatic rings. The summed E-state index contributed by atoms with van der Waals surface area (Å²) >= 11 is 0. The predicted molar refractivity (Wildman–Crippen MR) is 80.9 cm³/mol. The number of hydrogen-bond acceptors (Lipinski definition) is 4. The molecule has 3 unspecified atom stereocenters. The molecule has 0 spiro atoms. The Bertz CT molecular complexity index is 387. The molecule has 21 heavy (non-hydrogen) atoms. The monoisotopic (exact) mass is 295 g/mol. The van der Waals surface area contributed by atoms with E-state index in [1.807, 2.05) is 6.92 Å². The SMILES string of the molecule is CCOC(=O)C1CCC(NC2C3CCOC3C2(C)C)CC1. The number of hydrogen-bond donors (Lipinski definition) is 1. The van der Waals surface area contributed by atoms with E-state index in [0.717, 1.165) is 32.3 Å². The first-order valence-corrected chi connectivity index (χ1v) is 8.58. The van der Waals surface area contributed by atoms with E-state index >= 15 is 0 Å². The maximum absolute atomic E-state index is 11.8. The third kappa shape index (κ3) is 2.72. The molecule has 2 aliphatic carbocycles. The van der Waals surface area contributed by atoms with Gasteiger partial charge in [0, 0.05) is 30.0 Å². The van der Waals surface area contributed by atoms with Gasteiger partial charge in [-0.15, -0.1) is 0 Å². The van der Waals surface area contributed by atoms with E-state index in [4.69, 9.17) is 9.47 Å². The summed E-state index contributed by atoms with van der Waals surface area (Å²) in [4.78, 5) is 11.8. The first-order chi connectivity index (χ1) is 10.0. The van der Waals surface area contributed by atoms with Gasteiger partial charge in [-0.05, 0) is 39.0 Å². The van der Waals surface area contributed by atoms with E-state index in [0.29, 0.717) is 30.7 Å². The van der Waals surface area contributed by atoms with Gasteiger partial charge in [-0.2, -0.15) is 0 Å². The van der Waals surface area contributed by atoms with Crippen molar-refractivity contribution in [1.29, 1.82) is 0 Å². The Morgan fingerprint density at radius 3 is 2.62 bits per heavy atom. The fourth-order valence-corrected chi connectivity index (χ4v) is 4.67. The summed E-state index contributed by atoms with van der Waals surface area (Å²) in [6.45, 7) is 7.94. The Balaban J connectivity index is 1.49. The van der Waals surface area contributed by atoms with Crippen LogP contribution in [0.3, 0.4) is 0 Å². The van der Waals surface area contributed by atoms with E-state index in [2.05, 4.69) is 19.2 Å². The zero-order valence-corrected chi connectivity index (χ0v) is 13.6. The van der Waals surface area contributed by atoms with Crippen LogP contribution in [0.2, 0.25) is 0 Å². The van der Waals surface area contributed by atoms with Gasteiger partial charge in [0.15, 0.2) is 0 Å². The lowest BCUT2D eigenvalue weighted by Crippen LogP contribution is -2.67. The quantitative estimate of drug-likeness (QED) is 0.810. The minimum absolute atomic E-state index is 0.00387. The lowest BCUT2D eigenvalue weighted by molar-refractivity contribution is -0.149. The Kier molecular flexibility index (Phi) is 4.28. The number of ether oxygens (including phenoxy) is 2. The van der Waals surface area contributed by atoms with Crippen molar-refractivity contribution < 1.29 is 14.3 Å². The van der Waals surface area contributed by atoms with Crippen molar-refractivity contribution in [3.63, 3.8) is 0 Å². The first kappa shape index (κ1) is 15.3. The molecule has 3 atom stereocenters. The summed E-state index contributed by atoms with van der Waals surface area (Å²) < 4.78 is 11.0. The smallest absolute Gasteiger partial charge is 0.308 e. The predicted octanol–water partition coefficient (Wildman–Crippen LogP) is 2.51. The number of carbonyl (C=O) groups excluding carboxylic acids is 1. The fraction of sp³-hybridized carbons (Fsp3) is 0.941. The third-order valence-corrected chi connectivity index (χ3v) is 5.86. The highest BCUT2D eigenvalue weighted by atomic mass is 16.5. The molecule has 3 rings (SSSR count). The number of esters is 1. The number of carbonyl (C=O) groups is 1. The summed E-state index contributed by atoms with van der Waals surface area (Å²) in [5.41, 5.74) is 0.249. The van der Waals surface area contributed by atoms with Gasteiger partial charge in [-0.25, -0.2) is 0 Å². The molecule has 0 bridgehead atoms. The van der Waals surface area contributed by atoms with Crippen molar-refractivity contribution in [3.05, 3.63) is 0 Å². The molecule has 0 aromatic heterocycles. The lowest BCUT2D eigenvalue weighted by atomic mass is 9.57. The summed E-state index contributed by atoms with van der Waals surface area (Å²) in [7, 11) is 0.